The van der Waals surface area contributed by atoms with Gasteiger partial charge in [0.2, 0.25) is 5.75 Å². The zero-order chi connectivity index (χ0) is 25.8. The molecule has 9 heteroatoms. The summed E-state index contributed by atoms with van der Waals surface area (Å²) in [6.45, 7) is 2.72. The number of para-hydroxylation sites is 1. The van der Waals surface area contributed by atoms with Crippen LogP contribution in [0.15, 0.2) is 48.3 Å². The molecule has 0 spiro atoms. The number of fused-ring (bicyclic) bond motifs is 1. The lowest BCUT2D eigenvalue weighted by Crippen LogP contribution is -2.49. The summed E-state index contributed by atoms with van der Waals surface area (Å²) in [4.78, 5) is 31.0. The molecule has 0 atom stereocenters. The highest BCUT2D eigenvalue weighted by Gasteiger charge is 2.25. The Kier molecular flexibility index (Phi) is 7.49. The molecule has 9 nitrogen and oxygen atoms in total. The van der Waals surface area contributed by atoms with E-state index < -0.39 is 5.91 Å². The van der Waals surface area contributed by atoms with Gasteiger partial charge in [-0.15, -0.1) is 0 Å². The summed E-state index contributed by atoms with van der Waals surface area (Å²) < 4.78 is 18.1. The third kappa shape index (κ3) is 5.01. The molecule has 3 aromatic rings. The number of likely N-dealkylation sites (N-methyl/N-ethyl adjacent to an activating group) is 1. The van der Waals surface area contributed by atoms with E-state index in [0.717, 1.165) is 29.6 Å². The van der Waals surface area contributed by atoms with Crippen LogP contribution in [0.5, 0.6) is 17.2 Å². The molecular formula is C27H32N4O5. The van der Waals surface area contributed by atoms with Crippen molar-refractivity contribution >= 4 is 28.8 Å². The van der Waals surface area contributed by atoms with Crippen LogP contribution < -0.4 is 19.5 Å². The minimum atomic E-state index is -0.455. The maximum atomic E-state index is 13.6. The standard InChI is InChI=1S/C27H32N4O5/c1-29-10-12-31(13-11-29)27(33)21(14-19-17-30(2)22-9-7-6-8-20(19)22)28-26(32)18-15-23(34-3)25(36-5)24(16-18)35-4/h6-9,14-17H,10-13H2,1-5H3,(H,28,32). The lowest BCUT2D eigenvalue weighted by atomic mass is 10.1. The number of carbonyl (C=O) groups excluding carboxylic acids is 2. The molecule has 190 valence electrons. The van der Waals surface area contributed by atoms with E-state index in [0.29, 0.717) is 30.3 Å². The number of aryl methyl sites for hydroxylation is 1. The molecular weight excluding hydrogens is 460 g/mol. The van der Waals surface area contributed by atoms with E-state index in [-0.39, 0.29) is 17.2 Å². The van der Waals surface area contributed by atoms with Crippen molar-refractivity contribution in [3.05, 3.63) is 59.4 Å². The molecule has 1 fully saturated rings. The van der Waals surface area contributed by atoms with E-state index in [1.807, 2.05) is 49.1 Å². The van der Waals surface area contributed by atoms with E-state index in [2.05, 4.69) is 10.2 Å². The maximum Gasteiger partial charge on any atom is 0.270 e. The Hall–Kier alpha value is -3.98. The minimum absolute atomic E-state index is 0.203. The fourth-order valence-electron chi connectivity index (χ4n) is 4.38. The normalized spacial score (nSPS) is 14.6. The van der Waals surface area contributed by atoms with Gasteiger partial charge in [0.05, 0.1) is 21.3 Å². The van der Waals surface area contributed by atoms with E-state index >= 15 is 0 Å². The first-order chi connectivity index (χ1) is 17.4. The van der Waals surface area contributed by atoms with Gasteiger partial charge in [-0.25, -0.2) is 0 Å². The maximum absolute atomic E-state index is 13.6. The average molecular weight is 493 g/mol. The third-order valence-electron chi connectivity index (χ3n) is 6.42. The van der Waals surface area contributed by atoms with Gasteiger partial charge in [0.25, 0.3) is 11.8 Å². The molecule has 1 N–H and O–H groups in total. The molecule has 1 aliphatic rings. The highest BCUT2D eigenvalue weighted by atomic mass is 16.5. The Morgan fingerprint density at radius 3 is 2.17 bits per heavy atom. The molecule has 1 aromatic heterocycles. The van der Waals surface area contributed by atoms with Gasteiger partial charge in [-0.2, -0.15) is 0 Å². The van der Waals surface area contributed by atoms with Crippen LogP contribution in [0.2, 0.25) is 0 Å². The first-order valence-corrected chi connectivity index (χ1v) is 11.7. The number of carbonyl (C=O) groups is 2. The van der Waals surface area contributed by atoms with Crippen LogP contribution in [0.1, 0.15) is 15.9 Å². The predicted octanol–water partition coefficient (Wildman–Crippen LogP) is 2.75. The van der Waals surface area contributed by atoms with Crippen molar-refractivity contribution in [2.45, 2.75) is 0 Å². The van der Waals surface area contributed by atoms with Crippen molar-refractivity contribution in [3.63, 3.8) is 0 Å². The van der Waals surface area contributed by atoms with Gasteiger partial charge in [0.1, 0.15) is 5.70 Å². The van der Waals surface area contributed by atoms with E-state index in [9.17, 15) is 9.59 Å². The Labute approximate surface area is 210 Å². The monoisotopic (exact) mass is 492 g/mol. The van der Waals surface area contributed by atoms with Crippen LogP contribution in [0.4, 0.5) is 0 Å². The Morgan fingerprint density at radius 2 is 1.56 bits per heavy atom. The number of methoxy groups -OCH3 is 3. The largest absolute Gasteiger partial charge is 0.493 e. The summed E-state index contributed by atoms with van der Waals surface area (Å²) in [7, 11) is 8.46. The molecule has 0 bridgehead atoms. The second kappa shape index (κ2) is 10.7. The SMILES string of the molecule is COc1cc(C(=O)NC(=Cc2cn(C)c3ccccc23)C(=O)N2CCN(C)CC2)cc(OC)c1OC. The van der Waals surface area contributed by atoms with Gasteiger partial charge in [0, 0.05) is 61.5 Å². The van der Waals surface area contributed by atoms with Crippen molar-refractivity contribution in [2.24, 2.45) is 7.05 Å². The van der Waals surface area contributed by atoms with Crippen molar-refractivity contribution in [1.29, 1.82) is 0 Å². The highest BCUT2D eigenvalue weighted by Crippen LogP contribution is 2.38. The number of nitrogens with one attached hydrogen (secondary N) is 1. The number of piperazine rings is 1. The Bertz CT molecular complexity index is 1280. The van der Waals surface area contributed by atoms with Gasteiger partial charge >= 0.3 is 0 Å². The zero-order valence-electron chi connectivity index (χ0n) is 21.3. The van der Waals surface area contributed by atoms with Crippen molar-refractivity contribution in [2.75, 3.05) is 54.6 Å². The fraction of sp³-hybridized carbons (Fsp3) is 0.333. The second-order valence-electron chi connectivity index (χ2n) is 8.73. The molecule has 36 heavy (non-hydrogen) atoms. The number of benzene rings is 2. The number of rotatable bonds is 7. The summed E-state index contributed by atoms with van der Waals surface area (Å²) in [5, 5.41) is 3.85. The average Bonchev–Trinajstić information content (AvgIpc) is 3.22. The molecule has 1 aliphatic heterocycles. The van der Waals surface area contributed by atoms with Crippen LogP contribution >= 0.6 is 0 Å². The first kappa shape index (κ1) is 25.1. The lowest BCUT2D eigenvalue weighted by Gasteiger charge is -2.33. The molecule has 1 saturated heterocycles. The number of ether oxygens (including phenoxy) is 3. The highest BCUT2D eigenvalue weighted by molar-refractivity contribution is 6.07. The zero-order valence-corrected chi connectivity index (χ0v) is 21.3. The van der Waals surface area contributed by atoms with Crippen molar-refractivity contribution < 1.29 is 23.8 Å². The molecule has 2 amide bonds. The Morgan fingerprint density at radius 1 is 0.917 bits per heavy atom. The van der Waals surface area contributed by atoms with Crippen LogP contribution in [0.25, 0.3) is 17.0 Å². The van der Waals surface area contributed by atoms with Gasteiger partial charge in [-0.3, -0.25) is 9.59 Å². The number of hydrogen-bond acceptors (Lipinski definition) is 6. The Balaban J connectivity index is 1.73. The third-order valence-corrected chi connectivity index (χ3v) is 6.42. The number of nitrogens with zero attached hydrogens (tertiary/aromatic N) is 3. The quantitative estimate of drug-likeness (QED) is 0.511. The van der Waals surface area contributed by atoms with Crippen molar-refractivity contribution in [3.8, 4) is 17.2 Å². The summed E-state index contributed by atoms with van der Waals surface area (Å²) in [6.07, 6.45) is 3.70. The summed E-state index contributed by atoms with van der Waals surface area (Å²) in [5.74, 6) is 0.413. The number of hydrogen-bond donors (Lipinski definition) is 1. The van der Waals surface area contributed by atoms with Gasteiger partial charge in [0.15, 0.2) is 11.5 Å². The van der Waals surface area contributed by atoms with E-state index in [1.54, 1.807) is 23.1 Å². The van der Waals surface area contributed by atoms with Crippen LogP contribution in [-0.2, 0) is 11.8 Å². The van der Waals surface area contributed by atoms with Gasteiger partial charge in [-0.05, 0) is 31.3 Å². The first-order valence-electron chi connectivity index (χ1n) is 11.7. The summed E-state index contributed by atoms with van der Waals surface area (Å²) in [5.41, 5.74) is 2.36. The van der Waals surface area contributed by atoms with Crippen LogP contribution in [0.3, 0.4) is 0 Å². The predicted molar refractivity (Wildman–Crippen MR) is 139 cm³/mol. The lowest BCUT2D eigenvalue weighted by molar-refractivity contribution is -0.128. The van der Waals surface area contributed by atoms with Crippen LogP contribution in [-0.4, -0.2) is 80.7 Å². The minimum Gasteiger partial charge on any atom is -0.493 e. The molecule has 4 rings (SSSR count). The molecule has 0 aliphatic carbocycles. The van der Waals surface area contributed by atoms with E-state index in [1.165, 1.54) is 21.3 Å². The fourth-order valence-corrected chi connectivity index (χ4v) is 4.38. The summed E-state index contributed by atoms with van der Waals surface area (Å²) >= 11 is 0. The number of aromatic nitrogens is 1. The summed E-state index contributed by atoms with van der Waals surface area (Å²) in [6, 6.07) is 11.1. The van der Waals surface area contributed by atoms with Gasteiger partial charge < -0.3 is 33.9 Å². The topological polar surface area (TPSA) is 85.3 Å². The molecule has 0 saturated carbocycles. The van der Waals surface area contributed by atoms with Gasteiger partial charge in [-0.1, -0.05) is 18.2 Å². The molecule has 0 unspecified atom stereocenters. The van der Waals surface area contributed by atoms with Crippen molar-refractivity contribution in [1.82, 2.24) is 19.7 Å². The molecule has 0 radical (unpaired) electrons. The molecule has 2 aromatic carbocycles. The second-order valence-corrected chi connectivity index (χ2v) is 8.73. The molecule has 2 heterocycles. The smallest absolute Gasteiger partial charge is 0.270 e. The van der Waals surface area contributed by atoms with Crippen LogP contribution in [0, 0.1) is 0 Å². The van der Waals surface area contributed by atoms with E-state index in [4.69, 9.17) is 14.2 Å². The number of amides is 2.